The Balaban J connectivity index is 1.03. The van der Waals surface area contributed by atoms with Gasteiger partial charge in [0.1, 0.15) is 11.4 Å². The number of nitrogens with one attached hydrogen (secondary N) is 2. The van der Waals surface area contributed by atoms with E-state index in [1.165, 1.54) is 37.7 Å². The monoisotopic (exact) mass is 485 g/mol. The zero-order chi connectivity index (χ0) is 24.6. The van der Waals surface area contributed by atoms with Gasteiger partial charge in [0.2, 0.25) is 5.91 Å². The summed E-state index contributed by atoms with van der Waals surface area (Å²) in [4.78, 5) is 49.8. The lowest BCUT2D eigenvalue weighted by Gasteiger charge is -2.34. The van der Waals surface area contributed by atoms with Crippen molar-refractivity contribution in [2.75, 3.05) is 19.6 Å². The standard InChI is InChI=1S/C28H31N5O3/c34-26(15-30-27(35)25-12-19-8-4-5-9-23(19)31-25)32-16-22-13-21(32)17-33(22)28(36)24-11-10-20(14-29-24)18-6-2-1-3-7-18/h4-5,8-12,14,18,21-22,31H,1-3,6-7,13,15-17H2,(H,30,35). The van der Waals surface area contributed by atoms with Crippen LogP contribution >= 0.6 is 0 Å². The first kappa shape index (κ1) is 22.8. The van der Waals surface area contributed by atoms with Crippen LogP contribution in [0.1, 0.15) is 71.0 Å². The summed E-state index contributed by atoms with van der Waals surface area (Å²) >= 11 is 0. The van der Waals surface area contributed by atoms with Crippen LogP contribution in [0, 0.1) is 0 Å². The van der Waals surface area contributed by atoms with Crippen molar-refractivity contribution < 1.29 is 14.4 Å². The SMILES string of the molecule is O=C(NCC(=O)N1CC2CC1CN2C(=O)c1ccc(C2CCCCC2)cn1)c1cc2ccccc2[nH]1. The third-order valence-electron chi connectivity index (χ3n) is 8.08. The highest BCUT2D eigenvalue weighted by Crippen LogP contribution is 2.34. The summed E-state index contributed by atoms with van der Waals surface area (Å²) in [5.74, 6) is 0.0868. The molecule has 2 aromatic heterocycles. The van der Waals surface area contributed by atoms with Crippen molar-refractivity contribution in [3.63, 3.8) is 0 Å². The molecule has 2 atom stereocenters. The second-order valence-electron chi connectivity index (χ2n) is 10.3. The van der Waals surface area contributed by atoms with Crippen molar-refractivity contribution in [3.05, 3.63) is 65.6 Å². The van der Waals surface area contributed by atoms with E-state index in [1.807, 2.05) is 41.4 Å². The largest absolute Gasteiger partial charge is 0.351 e. The number of carbonyl (C=O) groups is 3. The number of aromatic nitrogens is 2. The molecule has 2 bridgehead atoms. The van der Waals surface area contributed by atoms with Gasteiger partial charge < -0.3 is 20.1 Å². The molecule has 36 heavy (non-hydrogen) atoms. The molecule has 2 unspecified atom stereocenters. The van der Waals surface area contributed by atoms with Crippen molar-refractivity contribution in [1.82, 2.24) is 25.1 Å². The molecule has 8 nitrogen and oxygen atoms in total. The first-order valence-electron chi connectivity index (χ1n) is 13.0. The molecule has 1 aliphatic carbocycles. The lowest BCUT2D eigenvalue weighted by atomic mass is 9.85. The molecule has 3 aliphatic rings. The number of rotatable bonds is 5. The number of fused-ring (bicyclic) bond motifs is 3. The van der Waals surface area contributed by atoms with Crippen LogP contribution in [0.4, 0.5) is 0 Å². The third-order valence-corrected chi connectivity index (χ3v) is 8.08. The number of H-pyrrole nitrogens is 1. The van der Waals surface area contributed by atoms with Gasteiger partial charge in [-0.25, -0.2) is 0 Å². The summed E-state index contributed by atoms with van der Waals surface area (Å²) in [5, 5.41) is 3.69. The second-order valence-corrected chi connectivity index (χ2v) is 10.3. The number of para-hydroxylation sites is 1. The summed E-state index contributed by atoms with van der Waals surface area (Å²) in [7, 11) is 0. The van der Waals surface area contributed by atoms with Crippen molar-refractivity contribution in [2.24, 2.45) is 0 Å². The smallest absolute Gasteiger partial charge is 0.272 e. The van der Waals surface area contributed by atoms with Crippen LogP contribution in [0.3, 0.4) is 0 Å². The number of benzene rings is 1. The number of nitrogens with zero attached hydrogens (tertiary/aromatic N) is 3. The van der Waals surface area contributed by atoms with Crippen LogP contribution in [0.15, 0.2) is 48.7 Å². The van der Waals surface area contributed by atoms with Gasteiger partial charge in [0.25, 0.3) is 11.8 Å². The number of pyridine rings is 1. The van der Waals surface area contributed by atoms with Crippen LogP contribution < -0.4 is 5.32 Å². The molecule has 3 aromatic rings. The zero-order valence-electron chi connectivity index (χ0n) is 20.3. The topological polar surface area (TPSA) is 98.4 Å². The van der Waals surface area contributed by atoms with Crippen molar-refractivity contribution in [1.29, 1.82) is 0 Å². The van der Waals surface area contributed by atoms with Crippen molar-refractivity contribution >= 4 is 28.6 Å². The summed E-state index contributed by atoms with van der Waals surface area (Å²) in [6.45, 7) is 0.949. The normalized spacial score (nSPS) is 21.8. The van der Waals surface area contributed by atoms with Gasteiger partial charge in [0, 0.05) is 30.2 Å². The van der Waals surface area contributed by atoms with E-state index in [4.69, 9.17) is 0 Å². The van der Waals surface area contributed by atoms with Crippen LogP contribution in [-0.2, 0) is 4.79 Å². The number of amides is 3. The molecule has 2 aliphatic heterocycles. The molecule has 0 radical (unpaired) electrons. The fourth-order valence-corrected chi connectivity index (χ4v) is 6.13. The lowest BCUT2D eigenvalue weighted by molar-refractivity contribution is -0.132. The molecule has 6 rings (SSSR count). The predicted molar refractivity (Wildman–Crippen MR) is 136 cm³/mol. The van der Waals surface area contributed by atoms with Gasteiger partial charge in [-0.1, -0.05) is 43.5 Å². The fraction of sp³-hybridized carbons (Fsp3) is 0.429. The van der Waals surface area contributed by atoms with Crippen molar-refractivity contribution in [3.8, 4) is 0 Å². The van der Waals surface area contributed by atoms with Gasteiger partial charge in [-0.05, 0) is 48.9 Å². The fourth-order valence-electron chi connectivity index (χ4n) is 6.13. The van der Waals surface area contributed by atoms with Crippen molar-refractivity contribution in [2.45, 2.75) is 56.5 Å². The molecule has 1 saturated carbocycles. The van der Waals surface area contributed by atoms with E-state index in [9.17, 15) is 14.4 Å². The van der Waals surface area contributed by atoms with Gasteiger partial charge in [0.15, 0.2) is 0 Å². The Morgan fingerprint density at radius 1 is 0.972 bits per heavy atom. The average molecular weight is 486 g/mol. The lowest BCUT2D eigenvalue weighted by Crippen LogP contribution is -2.52. The van der Waals surface area contributed by atoms with E-state index < -0.39 is 0 Å². The summed E-state index contributed by atoms with van der Waals surface area (Å²) < 4.78 is 0. The Bertz CT molecular complexity index is 1260. The minimum atomic E-state index is -0.302. The number of piperazine rings is 1. The van der Waals surface area contributed by atoms with Gasteiger partial charge in [-0.3, -0.25) is 19.4 Å². The quantitative estimate of drug-likeness (QED) is 0.578. The highest BCUT2D eigenvalue weighted by atomic mass is 16.2. The maximum atomic E-state index is 13.1. The molecule has 4 heterocycles. The summed E-state index contributed by atoms with van der Waals surface area (Å²) in [6.07, 6.45) is 8.91. The Labute approximate surface area is 210 Å². The maximum absolute atomic E-state index is 13.1. The van der Waals surface area contributed by atoms with Crippen LogP contribution in [-0.4, -0.2) is 69.2 Å². The Morgan fingerprint density at radius 3 is 2.47 bits per heavy atom. The first-order valence-corrected chi connectivity index (χ1v) is 13.0. The van der Waals surface area contributed by atoms with E-state index in [0.29, 0.717) is 30.4 Å². The molecule has 186 valence electrons. The molecule has 3 amide bonds. The van der Waals surface area contributed by atoms with Crippen LogP contribution in [0.5, 0.6) is 0 Å². The molecule has 3 fully saturated rings. The molecule has 1 aromatic carbocycles. The number of hydrogen-bond acceptors (Lipinski definition) is 4. The number of likely N-dealkylation sites (tertiary alicyclic amines) is 2. The van der Waals surface area contributed by atoms with E-state index in [2.05, 4.69) is 21.4 Å². The predicted octanol–water partition coefficient (Wildman–Crippen LogP) is 3.47. The number of aromatic amines is 1. The minimum absolute atomic E-state index is 0.00400. The second kappa shape index (κ2) is 9.41. The minimum Gasteiger partial charge on any atom is -0.351 e. The average Bonchev–Trinajstić information content (AvgIpc) is 3.66. The maximum Gasteiger partial charge on any atom is 0.272 e. The molecule has 8 heteroatoms. The van der Waals surface area contributed by atoms with Gasteiger partial charge in [0.05, 0.1) is 18.6 Å². The molecule has 2 saturated heterocycles. The zero-order valence-corrected chi connectivity index (χ0v) is 20.3. The van der Waals surface area contributed by atoms with E-state index in [-0.39, 0.29) is 36.3 Å². The summed E-state index contributed by atoms with van der Waals surface area (Å²) in [6, 6.07) is 13.4. The number of carbonyl (C=O) groups excluding carboxylic acids is 3. The highest BCUT2D eigenvalue weighted by molar-refractivity contribution is 5.99. The molecular formula is C28H31N5O3. The molecule has 2 N–H and O–H groups in total. The van der Waals surface area contributed by atoms with Gasteiger partial charge in [-0.15, -0.1) is 0 Å². The Hall–Kier alpha value is -3.68. The first-order chi connectivity index (χ1) is 17.6. The van der Waals surface area contributed by atoms with Gasteiger partial charge >= 0.3 is 0 Å². The third kappa shape index (κ3) is 4.25. The highest BCUT2D eigenvalue weighted by Gasteiger charge is 2.47. The summed E-state index contributed by atoms with van der Waals surface area (Å²) in [5.41, 5.74) is 3.03. The van der Waals surface area contributed by atoms with Gasteiger partial charge in [-0.2, -0.15) is 0 Å². The molecule has 0 spiro atoms. The number of hydrogen-bond donors (Lipinski definition) is 2. The molecular weight excluding hydrogens is 454 g/mol. The van der Waals surface area contributed by atoms with E-state index >= 15 is 0 Å². The van der Waals surface area contributed by atoms with E-state index in [1.54, 1.807) is 11.0 Å². The van der Waals surface area contributed by atoms with Crippen LogP contribution in [0.25, 0.3) is 10.9 Å². The Kier molecular flexibility index (Phi) is 5.95. The van der Waals surface area contributed by atoms with Crippen LogP contribution in [0.2, 0.25) is 0 Å². The Morgan fingerprint density at radius 2 is 1.75 bits per heavy atom. The van der Waals surface area contributed by atoms with E-state index in [0.717, 1.165) is 17.3 Å².